The Morgan fingerprint density at radius 3 is 2.53 bits per heavy atom. The molecule has 0 unspecified atom stereocenters. The summed E-state index contributed by atoms with van der Waals surface area (Å²) in [5, 5.41) is 20.2. The van der Waals surface area contributed by atoms with Crippen LogP contribution in [0.1, 0.15) is 27.3 Å². The van der Waals surface area contributed by atoms with Crippen LogP contribution in [0.4, 0.5) is 5.69 Å². The van der Waals surface area contributed by atoms with Crippen molar-refractivity contribution in [2.24, 2.45) is 0 Å². The summed E-state index contributed by atoms with van der Waals surface area (Å²) < 4.78 is 13.7. The largest absolute Gasteiger partial charge is 0.493 e. The van der Waals surface area contributed by atoms with Gasteiger partial charge in [0.2, 0.25) is 5.91 Å². The molecular formula is C20H23N5O5. The number of hydrogen-bond acceptors (Lipinski definition) is 6. The molecule has 0 aliphatic heterocycles. The molecule has 0 saturated heterocycles. The minimum absolute atomic E-state index is 0.0258. The summed E-state index contributed by atoms with van der Waals surface area (Å²) >= 11 is 0. The van der Waals surface area contributed by atoms with Crippen LogP contribution < -0.4 is 14.8 Å². The number of rotatable bonds is 8. The Balaban J connectivity index is 1.73. The number of carbonyl (C=O) groups is 2. The Labute approximate surface area is 173 Å². The number of aromatic nitrogens is 4. The van der Waals surface area contributed by atoms with E-state index in [4.69, 9.17) is 14.6 Å². The summed E-state index contributed by atoms with van der Waals surface area (Å²) in [7, 11) is 3.16. The number of nitrogens with zero attached hydrogens (tertiary/aromatic N) is 4. The fraction of sp³-hybridized carbons (Fsp3) is 0.300. The maximum absolute atomic E-state index is 12.4. The summed E-state index contributed by atoms with van der Waals surface area (Å²) in [6.45, 7) is 4.06. The highest BCUT2D eigenvalue weighted by Crippen LogP contribution is 2.28. The third-order valence-electron chi connectivity index (χ3n) is 4.61. The lowest BCUT2D eigenvalue weighted by Gasteiger charge is -2.11. The van der Waals surface area contributed by atoms with E-state index in [2.05, 4.69) is 15.5 Å². The van der Waals surface area contributed by atoms with Crippen molar-refractivity contribution in [2.45, 2.75) is 26.9 Å². The summed E-state index contributed by atoms with van der Waals surface area (Å²) in [6.07, 6.45) is 2.51. The number of benzene rings is 1. The van der Waals surface area contributed by atoms with Crippen LogP contribution in [0.5, 0.6) is 11.5 Å². The summed E-state index contributed by atoms with van der Waals surface area (Å²) in [4.78, 5) is 23.3. The first-order valence-electron chi connectivity index (χ1n) is 9.13. The maximum atomic E-state index is 12.4. The number of aryl methyl sites for hydroxylation is 1. The Bertz CT molecular complexity index is 1090. The number of aromatic carboxylic acids is 1. The molecule has 1 amide bonds. The first-order valence-corrected chi connectivity index (χ1v) is 9.13. The number of carboxylic acids is 1. The van der Waals surface area contributed by atoms with Gasteiger partial charge in [-0.2, -0.15) is 10.2 Å². The van der Waals surface area contributed by atoms with Crippen LogP contribution in [0.3, 0.4) is 0 Å². The molecule has 158 valence electrons. The zero-order valence-corrected chi connectivity index (χ0v) is 17.2. The minimum Gasteiger partial charge on any atom is -0.493 e. The van der Waals surface area contributed by atoms with E-state index in [1.54, 1.807) is 18.9 Å². The highest BCUT2D eigenvalue weighted by molar-refractivity contribution is 5.92. The van der Waals surface area contributed by atoms with Crippen molar-refractivity contribution in [2.75, 3.05) is 19.5 Å². The van der Waals surface area contributed by atoms with E-state index in [0.717, 1.165) is 11.3 Å². The topological polar surface area (TPSA) is 121 Å². The van der Waals surface area contributed by atoms with Crippen molar-refractivity contribution in [3.05, 3.63) is 53.1 Å². The second-order valence-electron chi connectivity index (χ2n) is 6.67. The van der Waals surface area contributed by atoms with Crippen molar-refractivity contribution < 1.29 is 24.2 Å². The predicted molar refractivity (Wildman–Crippen MR) is 108 cm³/mol. The molecule has 0 bridgehead atoms. The molecule has 3 aromatic rings. The van der Waals surface area contributed by atoms with Crippen molar-refractivity contribution in [3.63, 3.8) is 0 Å². The second-order valence-corrected chi connectivity index (χ2v) is 6.67. The zero-order chi connectivity index (χ0) is 21.8. The summed E-state index contributed by atoms with van der Waals surface area (Å²) in [6, 6.07) is 5.64. The van der Waals surface area contributed by atoms with Crippen LogP contribution in [0.25, 0.3) is 0 Å². The Morgan fingerprint density at radius 2 is 1.90 bits per heavy atom. The molecule has 30 heavy (non-hydrogen) atoms. The Hall–Kier alpha value is -3.82. The quantitative estimate of drug-likeness (QED) is 0.580. The first-order chi connectivity index (χ1) is 14.3. The molecule has 0 fully saturated rings. The second kappa shape index (κ2) is 8.68. The number of carboxylic acid groups (broad SMARTS) is 1. The van der Waals surface area contributed by atoms with E-state index in [1.807, 2.05) is 32.0 Å². The molecule has 2 N–H and O–H groups in total. The van der Waals surface area contributed by atoms with Gasteiger partial charge in [-0.25, -0.2) is 4.79 Å². The molecule has 0 radical (unpaired) electrons. The Kier molecular flexibility index (Phi) is 6.05. The molecule has 10 heteroatoms. The normalized spacial score (nSPS) is 10.7. The van der Waals surface area contributed by atoms with Gasteiger partial charge in [-0.3, -0.25) is 14.2 Å². The van der Waals surface area contributed by atoms with Gasteiger partial charge in [0, 0.05) is 6.20 Å². The van der Waals surface area contributed by atoms with Crippen molar-refractivity contribution >= 4 is 17.6 Å². The number of ether oxygens (including phenoxy) is 2. The molecule has 10 nitrogen and oxygen atoms in total. The Morgan fingerprint density at radius 1 is 1.17 bits per heavy atom. The molecule has 1 aromatic carbocycles. The van der Waals surface area contributed by atoms with E-state index in [9.17, 15) is 9.59 Å². The SMILES string of the molecule is COc1ccc(Cn2nc(C)c(NC(=O)Cn3cc(C(=O)O)cn3)c2C)cc1OC. The molecular weight excluding hydrogens is 390 g/mol. The zero-order valence-electron chi connectivity index (χ0n) is 17.2. The molecule has 0 aliphatic rings. The molecule has 0 spiro atoms. The van der Waals surface area contributed by atoms with E-state index >= 15 is 0 Å². The van der Waals surface area contributed by atoms with E-state index < -0.39 is 5.97 Å². The lowest BCUT2D eigenvalue weighted by Crippen LogP contribution is -2.20. The van der Waals surface area contributed by atoms with Gasteiger partial charge >= 0.3 is 5.97 Å². The van der Waals surface area contributed by atoms with Gasteiger partial charge in [-0.1, -0.05) is 6.07 Å². The van der Waals surface area contributed by atoms with Gasteiger partial charge in [-0.15, -0.1) is 0 Å². The van der Waals surface area contributed by atoms with Crippen LogP contribution in [-0.4, -0.2) is 50.8 Å². The fourth-order valence-electron chi connectivity index (χ4n) is 3.07. The average molecular weight is 413 g/mol. The average Bonchev–Trinajstić information content (AvgIpc) is 3.28. The van der Waals surface area contributed by atoms with E-state index in [0.29, 0.717) is 29.4 Å². The molecule has 2 aromatic heterocycles. The molecule has 3 rings (SSSR count). The molecule has 2 heterocycles. The predicted octanol–water partition coefficient (Wildman–Crippen LogP) is 2.10. The first kappa shape index (κ1) is 20.9. The third-order valence-corrected chi connectivity index (χ3v) is 4.61. The number of hydrogen-bond donors (Lipinski definition) is 2. The van der Waals surface area contributed by atoms with Gasteiger partial charge in [0.15, 0.2) is 11.5 Å². The number of amides is 1. The molecule has 0 atom stereocenters. The van der Waals surface area contributed by atoms with Crippen LogP contribution in [-0.2, 0) is 17.9 Å². The number of nitrogens with one attached hydrogen (secondary N) is 1. The highest BCUT2D eigenvalue weighted by Gasteiger charge is 2.16. The number of methoxy groups -OCH3 is 2. The summed E-state index contributed by atoms with van der Waals surface area (Å²) in [5.41, 5.74) is 3.08. The highest BCUT2D eigenvalue weighted by atomic mass is 16.5. The maximum Gasteiger partial charge on any atom is 0.338 e. The van der Waals surface area contributed by atoms with Crippen LogP contribution in [0.15, 0.2) is 30.6 Å². The van der Waals surface area contributed by atoms with Gasteiger partial charge < -0.3 is 19.9 Å². The van der Waals surface area contributed by atoms with Crippen LogP contribution in [0, 0.1) is 13.8 Å². The van der Waals surface area contributed by atoms with Crippen molar-refractivity contribution in [3.8, 4) is 11.5 Å². The lowest BCUT2D eigenvalue weighted by molar-refractivity contribution is -0.116. The van der Waals surface area contributed by atoms with Crippen molar-refractivity contribution in [1.29, 1.82) is 0 Å². The van der Waals surface area contributed by atoms with Crippen LogP contribution in [0.2, 0.25) is 0 Å². The van der Waals surface area contributed by atoms with E-state index in [1.165, 1.54) is 17.1 Å². The lowest BCUT2D eigenvalue weighted by atomic mass is 10.2. The van der Waals surface area contributed by atoms with Gasteiger partial charge in [0.05, 0.1) is 49.6 Å². The van der Waals surface area contributed by atoms with Gasteiger partial charge in [0.1, 0.15) is 6.54 Å². The number of anilines is 1. The van der Waals surface area contributed by atoms with Crippen molar-refractivity contribution in [1.82, 2.24) is 19.6 Å². The van der Waals surface area contributed by atoms with E-state index in [-0.39, 0.29) is 18.0 Å². The van der Waals surface area contributed by atoms with Gasteiger partial charge in [0.25, 0.3) is 0 Å². The smallest absolute Gasteiger partial charge is 0.338 e. The number of carbonyl (C=O) groups excluding carboxylic acids is 1. The minimum atomic E-state index is -1.09. The van der Waals surface area contributed by atoms with Gasteiger partial charge in [-0.05, 0) is 31.5 Å². The fourth-order valence-corrected chi connectivity index (χ4v) is 3.07. The molecule has 0 saturated carbocycles. The monoisotopic (exact) mass is 413 g/mol. The third kappa shape index (κ3) is 4.43. The van der Waals surface area contributed by atoms with Crippen LogP contribution >= 0.6 is 0 Å². The molecule has 0 aliphatic carbocycles. The summed E-state index contributed by atoms with van der Waals surface area (Å²) in [5.74, 6) is -0.144. The standard InChI is InChI=1S/C20H23N5O5/c1-12-19(22-18(26)11-24-10-15(8-21-24)20(27)28)13(2)25(23-12)9-14-5-6-16(29-3)17(7-14)30-4/h5-8,10H,9,11H2,1-4H3,(H,22,26)(H,27,28).